The molecule has 0 unspecified atom stereocenters. The van der Waals surface area contributed by atoms with Gasteiger partial charge in [-0.1, -0.05) is 6.92 Å². The number of hydrogen-bond donors (Lipinski definition) is 2. The molecule has 0 saturated heterocycles. The lowest BCUT2D eigenvalue weighted by Crippen LogP contribution is -2.22. The fourth-order valence-electron chi connectivity index (χ4n) is 1.19. The average molecular weight is 213 g/mol. The molecule has 0 bridgehead atoms. The largest absolute Gasteiger partial charge is 0.365 e. The highest BCUT2D eigenvalue weighted by Crippen LogP contribution is 2.08. The normalized spacial score (nSPS) is 12.5. The lowest BCUT2D eigenvalue weighted by molar-refractivity contribution is 0.0737. The van der Waals surface area contributed by atoms with Gasteiger partial charge in [-0.25, -0.2) is 9.89 Å². The van der Waals surface area contributed by atoms with Crippen LogP contribution in [0.1, 0.15) is 27.2 Å². The Hall–Kier alpha value is -1.63. The Morgan fingerprint density at radius 2 is 2.33 bits per heavy atom. The third-order valence-electron chi connectivity index (χ3n) is 1.87. The summed E-state index contributed by atoms with van der Waals surface area (Å²) in [5.74, 6) is 0. The Labute approximate surface area is 87.1 Å². The molecule has 1 aromatic heterocycles. The van der Waals surface area contributed by atoms with Crippen molar-refractivity contribution in [2.75, 3.05) is 6.61 Å². The molecule has 0 saturated carbocycles. The minimum atomic E-state index is -0.357. The summed E-state index contributed by atoms with van der Waals surface area (Å²) in [5, 5.41) is 9.33. The molecular weight excluding hydrogens is 198 g/mol. The van der Waals surface area contributed by atoms with Crippen LogP contribution in [0.3, 0.4) is 0 Å². The van der Waals surface area contributed by atoms with Gasteiger partial charge in [0, 0.05) is 0 Å². The Kier molecular flexibility index (Phi) is 4.04. The lowest BCUT2D eigenvalue weighted by atomic mass is 10.3. The molecule has 1 rings (SSSR count). The second-order valence-electron chi connectivity index (χ2n) is 2.88. The summed E-state index contributed by atoms with van der Waals surface area (Å²) in [6.45, 7) is 6.15. The van der Waals surface area contributed by atoms with Gasteiger partial charge in [-0.15, -0.1) is 0 Å². The van der Waals surface area contributed by atoms with E-state index < -0.39 is 0 Å². The van der Waals surface area contributed by atoms with Crippen LogP contribution in [0, 0.1) is 0 Å². The number of aromatic amines is 1. The van der Waals surface area contributed by atoms with E-state index in [9.17, 15) is 4.79 Å². The van der Waals surface area contributed by atoms with Crippen LogP contribution in [0.2, 0.25) is 0 Å². The number of nitrogens with one attached hydrogen (secondary N) is 2. The molecule has 0 aliphatic carbocycles. The molecule has 1 heterocycles. The highest BCUT2D eigenvalue weighted by Gasteiger charge is 2.08. The molecule has 2 N–H and O–H groups in total. The smallest absolute Gasteiger partial charge is 0.277 e. The van der Waals surface area contributed by atoms with E-state index in [0.717, 1.165) is 11.4 Å². The zero-order chi connectivity index (χ0) is 11.3. The first-order valence-corrected chi connectivity index (χ1v) is 4.79. The number of tetrazole rings is 1. The van der Waals surface area contributed by atoms with Gasteiger partial charge >= 0.3 is 5.69 Å². The Morgan fingerprint density at radius 1 is 1.60 bits per heavy atom. The van der Waals surface area contributed by atoms with Crippen LogP contribution in [0.15, 0.2) is 10.5 Å². The molecule has 0 atom stereocenters. The molecule has 0 aliphatic heterocycles. The molecule has 0 aromatic carbocycles. The summed E-state index contributed by atoms with van der Waals surface area (Å²) < 4.78 is 1.21. The monoisotopic (exact) mass is 213 g/mol. The topological polar surface area (TPSA) is 84.8 Å². The predicted octanol–water partition coefficient (Wildman–Crippen LogP) is 0.106. The first-order valence-electron chi connectivity index (χ1n) is 4.79. The number of nitrogens with zero attached hydrogens (tertiary/aromatic N) is 3. The summed E-state index contributed by atoms with van der Waals surface area (Å²) in [7, 11) is 0. The third-order valence-corrected chi connectivity index (χ3v) is 1.87. The van der Waals surface area contributed by atoms with Gasteiger partial charge in [0.05, 0.1) is 18.0 Å². The molecule has 7 heteroatoms. The van der Waals surface area contributed by atoms with E-state index in [1.165, 1.54) is 4.68 Å². The van der Waals surface area contributed by atoms with Gasteiger partial charge < -0.3 is 0 Å². The Balaban J connectivity index is 2.97. The van der Waals surface area contributed by atoms with Crippen LogP contribution in [-0.2, 0) is 4.84 Å². The number of rotatable bonds is 5. The summed E-state index contributed by atoms with van der Waals surface area (Å²) in [6.07, 6.45) is 0.651. The first kappa shape index (κ1) is 11.4. The molecule has 7 nitrogen and oxygen atoms in total. The first-order chi connectivity index (χ1) is 7.20. The molecule has 84 valence electrons. The van der Waals surface area contributed by atoms with Crippen LogP contribution in [0.4, 0.5) is 0 Å². The number of hydroxylamine groups is 1. The van der Waals surface area contributed by atoms with Gasteiger partial charge in [-0.2, -0.15) is 4.68 Å². The second-order valence-corrected chi connectivity index (χ2v) is 2.88. The van der Waals surface area contributed by atoms with Crippen molar-refractivity contribution < 1.29 is 4.84 Å². The number of aromatic nitrogens is 4. The summed E-state index contributed by atoms with van der Waals surface area (Å²) >= 11 is 0. The fraction of sp³-hybridized carbons (Fsp3) is 0.625. The van der Waals surface area contributed by atoms with Crippen molar-refractivity contribution in [1.82, 2.24) is 25.7 Å². The minimum absolute atomic E-state index is 0.357. The van der Waals surface area contributed by atoms with Crippen LogP contribution < -0.4 is 11.2 Å². The quantitative estimate of drug-likeness (QED) is 0.678. The third kappa shape index (κ3) is 2.66. The van der Waals surface area contributed by atoms with Crippen LogP contribution in [0.5, 0.6) is 0 Å². The molecule has 15 heavy (non-hydrogen) atoms. The molecule has 0 aliphatic rings. The number of H-pyrrole nitrogens is 1. The maximum Gasteiger partial charge on any atom is 0.365 e. The second kappa shape index (κ2) is 5.30. The van der Waals surface area contributed by atoms with Crippen LogP contribution in [-0.4, -0.2) is 26.8 Å². The van der Waals surface area contributed by atoms with E-state index in [0.29, 0.717) is 13.0 Å². The molecule has 0 spiro atoms. The molecule has 1 aromatic rings. The van der Waals surface area contributed by atoms with Gasteiger partial charge in [0.1, 0.15) is 0 Å². The lowest BCUT2D eigenvalue weighted by Gasteiger charge is -2.10. The van der Waals surface area contributed by atoms with Crippen molar-refractivity contribution in [3.63, 3.8) is 0 Å². The van der Waals surface area contributed by atoms with E-state index in [1.807, 2.05) is 20.8 Å². The molecule has 0 fully saturated rings. The molecule has 0 radical (unpaired) electrons. The van der Waals surface area contributed by atoms with E-state index in [2.05, 4.69) is 21.0 Å². The van der Waals surface area contributed by atoms with E-state index in [1.54, 1.807) is 0 Å². The maximum atomic E-state index is 11.3. The summed E-state index contributed by atoms with van der Waals surface area (Å²) in [6, 6.07) is 0. The minimum Gasteiger partial charge on any atom is -0.277 e. The number of allylic oxidation sites excluding steroid dienone is 2. The zero-order valence-corrected chi connectivity index (χ0v) is 9.07. The van der Waals surface area contributed by atoms with Crippen LogP contribution in [0.25, 0.3) is 5.70 Å². The molecule has 0 amide bonds. The van der Waals surface area contributed by atoms with Crippen molar-refractivity contribution in [1.29, 1.82) is 0 Å². The Morgan fingerprint density at radius 3 is 2.80 bits per heavy atom. The van der Waals surface area contributed by atoms with Crippen molar-refractivity contribution in [3.05, 3.63) is 16.2 Å². The van der Waals surface area contributed by atoms with Crippen LogP contribution >= 0.6 is 0 Å². The molecular formula is C8H15N5O2. The van der Waals surface area contributed by atoms with Gasteiger partial charge in [-0.3, -0.25) is 10.3 Å². The van der Waals surface area contributed by atoms with Gasteiger partial charge in [0.2, 0.25) is 0 Å². The SMILES string of the molecule is CCONC(C)=C(CC)n1nn[nH]c1=O. The van der Waals surface area contributed by atoms with Crippen molar-refractivity contribution >= 4 is 5.70 Å². The highest BCUT2D eigenvalue weighted by atomic mass is 16.6. The van der Waals surface area contributed by atoms with Crippen molar-refractivity contribution in [2.24, 2.45) is 0 Å². The van der Waals surface area contributed by atoms with Gasteiger partial charge in [0.25, 0.3) is 0 Å². The van der Waals surface area contributed by atoms with E-state index >= 15 is 0 Å². The van der Waals surface area contributed by atoms with E-state index in [4.69, 9.17) is 4.84 Å². The fourth-order valence-corrected chi connectivity index (χ4v) is 1.19. The summed E-state index contributed by atoms with van der Waals surface area (Å²) in [5.41, 5.74) is 3.85. The van der Waals surface area contributed by atoms with E-state index in [-0.39, 0.29) is 5.69 Å². The van der Waals surface area contributed by atoms with Gasteiger partial charge in [0.15, 0.2) is 0 Å². The van der Waals surface area contributed by atoms with Crippen molar-refractivity contribution in [3.8, 4) is 0 Å². The Bertz CT molecular complexity index is 392. The predicted molar refractivity (Wildman–Crippen MR) is 54.6 cm³/mol. The summed E-state index contributed by atoms with van der Waals surface area (Å²) in [4.78, 5) is 16.3. The zero-order valence-electron chi connectivity index (χ0n) is 9.07. The standard InChI is InChI=1S/C8H15N5O2/c1-4-7(6(3)10-15-5-2)13-8(14)9-11-12-13/h10H,4-5H2,1-3H3,(H,9,12,14). The maximum absolute atomic E-state index is 11.3. The highest BCUT2D eigenvalue weighted by molar-refractivity contribution is 5.46. The van der Waals surface area contributed by atoms with Crippen molar-refractivity contribution in [2.45, 2.75) is 27.2 Å². The van der Waals surface area contributed by atoms with Gasteiger partial charge in [-0.05, 0) is 30.7 Å². The average Bonchev–Trinajstić information content (AvgIpc) is 2.63. The number of hydrogen-bond acceptors (Lipinski definition) is 5.